The highest BCUT2D eigenvalue weighted by Crippen LogP contribution is 2.33. The lowest BCUT2D eigenvalue weighted by Crippen LogP contribution is -2.33. The van der Waals surface area contributed by atoms with Crippen LogP contribution >= 0.6 is 0 Å². The standard InChI is InChI=1S/C34H66O4/c1-7-9-11-23-27-37-32(35)26-22-20-18-16-14-13-15-17-19-21-25-31(29(3)4)33(30(5)6)34(36)38-28-24-12-10-8-2/h29-31,33H,7-28H2,1-6H3. The molecule has 0 saturated carbocycles. The maximum absolute atomic E-state index is 12.9. The summed E-state index contributed by atoms with van der Waals surface area (Å²) < 4.78 is 11.0. The van der Waals surface area contributed by atoms with Gasteiger partial charge in [-0.15, -0.1) is 0 Å². The highest BCUT2D eigenvalue weighted by atomic mass is 16.5. The monoisotopic (exact) mass is 538 g/mol. The van der Waals surface area contributed by atoms with E-state index in [0.29, 0.717) is 37.4 Å². The quantitative estimate of drug-likeness (QED) is 0.0771. The lowest BCUT2D eigenvalue weighted by Gasteiger charge is -2.31. The minimum Gasteiger partial charge on any atom is -0.466 e. The van der Waals surface area contributed by atoms with E-state index in [1.807, 2.05) is 0 Å². The van der Waals surface area contributed by atoms with Gasteiger partial charge in [-0.25, -0.2) is 0 Å². The lowest BCUT2D eigenvalue weighted by atomic mass is 9.74. The van der Waals surface area contributed by atoms with Crippen LogP contribution in [0.15, 0.2) is 0 Å². The van der Waals surface area contributed by atoms with Crippen LogP contribution in [0.1, 0.15) is 170 Å². The molecular weight excluding hydrogens is 472 g/mol. The van der Waals surface area contributed by atoms with E-state index in [9.17, 15) is 9.59 Å². The fraction of sp³-hybridized carbons (Fsp3) is 0.941. The van der Waals surface area contributed by atoms with Crippen molar-refractivity contribution in [3.8, 4) is 0 Å². The number of unbranched alkanes of at least 4 members (excludes halogenated alkanes) is 15. The Kier molecular flexibility index (Phi) is 25.4. The Morgan fingerprint density at radius 3 is 1.45 bits per heavy atom. The number of esters is 2. The maximum Gasteiger partial charge on any atom is 0.309 e. The van der Waals surface area contributed by atoms with Gasteiger partial charge in [-0.3, -0.25) is 9.59 Å². The molecule has 0 aromatic carbocycles. The molecule has 0 fully saturated rings. The second-order valence-corrected chi connectivity index (χ2v) is 12.3. The summed E-state index contributed by atoms with van der Waals surface area (Å²) in [4.78, 5) is 24.7. The van der Waals surface area contributed by atoms with Crippen molar-refractivity contribution in [3.63, 3.8) is 0 Å². The number of carbonyl (C=O) groups excluding carboxylic acids is 2. The fourth-order valence-corrected chi connectivity index (χ4v) is 5.52. The van der Waals surface area contributed by atoms with E-state index < -0.39 is 0 Å². The highest BCUT2D eigenvalue weighted by molar-refractivity contribution is 5.73. The first-order chi connectivity index (χ1) is 18.3. The smallest absolute Gasteiger partial charge is 0.309 e. The summed E-state index contributed by atoms with van der Waals surface area (Å²) in [6.07, 6.45) is 23.2. The first kappa shape index (κ1) is 36.9. The topological polar surface area (TPSA) is 52.6 Å². The third kappa shape index (κ3) is 20.8. The summed E-state index contributed by atoms with van der Waals surface area (Å²) in [6, 6.07) is 0. The van der Waals surface area contributed by atoms with E-state index in [1.54, 1.807) is 0 Å². The molecule has 226 valence electrons. The Labute approximate surface area is 237 Å². The Morgan fingerprint density at radius 1 is 0.526 bits per heavy atom. The lowest BCUT2D eigenvalue weighted by molar-refractivity contribution is -0.153. The number of hydrogen-bond acceptors (Lipinski definition) is 4. The van der Waals surface area contributed by atoms with Crippen molar-refractivity contribution in [1.29, 1.82) is 0 Å². The van der Waals surface area contributed by atoms with Crippen LogP contribution in [-0.4, -0.2) is 25.2 Å². The Morgan fingerprint density at radius 2 is 0.974 bits per heavy atom. The van der Waals surface area contributed by atoms with Gasteiger partial charge in [0, 0.05) is 6.42 Å². The second kappa shape index (κ2) is 26.2. The molecule has 0 aromatic heterocycles. The van der Waals surface area contributed by atoms with Crippen molar-refractivity contribution < 1.29 is 19.1 Å². The molecule has 4 nitrogen and oxygen atoms in total. The van der Waals surface area contributed by atoms with Crippen LogP contribution in [0, 0.1) is 23.7 Å². The minimum absolute atomic E-state index is 0.0137. The van der Waals surface area contributed by atoms with E-state index in [1.165, 1.54) is 77.0 Å². The summed E-state index contributed by atoms with van der Waals surface area (Å²) in [5, 5.41) is 0. The van der Waals surface area contributed by atoms with Gasteiger partial charge < -0.3 is 9.47 Å². The van der Waals surface area contributed by atoms with Crippen LogP contribution in [0.5, 0.6) is 0 Å². The molecule has 0 bridgehead atoms. The predicted octanol–water partition coefficient (Wildman–Crippen LogP) is 10.5. The average Bonchev–Trinajstić information content (AvgIpc) is 2.87. The molecular formula is C34H66O4. The van der Waals surface area contributed by atoms with Gasteiger partial charge in [-0.05, 0) is 43.4 Å². The molecule has 0 rings (SSSR count). The first-order valence-corrected chi connectivity index (χ1v) is 16.7. The molecule has 0 spiro atoms. The van der Waals surface area contributed by atoms with Crippen LogP contribution in [0.3, 0.4) is 0 Å². The van der Waals surface area contributed by atoms with Gasteiger partial charge >= 0.3 is 11.9 Å². The van der Waals surface area contributed by atoms with Crippen molar-refractivity contribution in [1.82, 2.24) is 0 Å². The van der Waals surface area contributed by atoms with Gasteiger partial charge in [-0.1, -0.05) is 138 Å². The summed E-state index contributed by atoms with van der Waals surface area (Å²) in [7, 11) is 0. The molecule has 0 aromatic rings. The largest absolute Gasteiger partial charge is 0.466 e. The third-order valence-corrected chi connectivity index (χ3v) is 7.98. The summed E-state index contributed by atoms with van der Waals surface area (Å²) in [5.41, 5.74) is 0. The molecule has 0 amide bonds. The predicted molar refractivity (Wildman–Crippen MR) is 162 cm³/mol. The van der Waals surface area contributed by atoms with E-state index in [-0.39, 0.29) is 17.9 Å². The van der Waals surface area contributed by atoms with Crippen molar-refractivity contribution >= 4 is 11.9 Å². The maximum atomic E-state index is 12.9. The fourth-order valence-electron chi connectivity index (χ4n) is 5.52. The third-order valence-electron chi connectivity index (χ3n) is 7.98. The van der Waals surface area contributed by atoms with Crippen molar-refractivity contribution in [2.75, 3.05) is 13.2 Å². The zero-order valence-corrected chi connectivity index (χ0v) is 26.5. The van der Waals surface area contributed by atoms with Crippen LogP contribution in [0.4, 0.5) is 0 Å². The Hall–Kier alpha value is -1.06. The zero-order valence-electron chi connectivity index (χ0n) is 26.5. The highest BCUT2D eigenvalue weighted by Gasteiger charge is 2.33. The molecule has 0 aliphatic rings. The van der Waals surface area contributed by atoms with Gasteiger partial charge in [0.25, 0.3) is 0 Å². The molecule has 0 aliphatic carbocycles. The van der Waals surface area contributed by atoms with Gasteiger partial charge in [-0.2, -0.15) is 0 Å². The number of carbonyl (C=O) groups is 2. The van der Waals surface area contributed by atoms with Crippen molar-refractivity contribution in [2.45, 2.75) is 170 Å². The first-order valence-electron chi connectivity index (χ1n) is 16.7. The molecule has 0 radical (unpaired) electrons. The average molecular weight is 539 g/mol. The summed E-state index contributed by atoms with van der Waals surface area (Å²) in [5.74, 6) is 1.29. The summed E-state index contributed by atoms with van der Waals surface area (Å²) in [6.45, 7) is 14.5. The molecule has 38 heavy (non-hydrogen) atoms. The van der Waals surface area contributed by atoms with E-state index in [0.717, 1.165) is 44.9 Å². The zero-order chi connectivity index (χ0) is 28.4. The molecule has 0 N–H and O–H groups in total. The molecule has 4 heteroatoms. The van der Waals surface area contributed by atoms with Gasteiger partial charge in [0.2, 0.25) is 0 Å². The van der Waals surface area contributed by atoms with E-state index >= 15 is 0 Å². The van der Waals surface area contributed by atoms with Crippen LogP contribution in [0.25, 0.3) is 0 Å². The molecule has 0 aliphatic heterocycles. The van der Waals surface area contributed by atoms with Gasteiger partial charge in [0.1, 0.15) is 0 Å². The van der Waals surface area contributed by atoms with Crippen molar-refractivity contribution in [3.05, 3.63) is 0 Å². The SMILES string of the molecule is CCCCCCOC(=O)CCCCCCCCCCCCC(C(C)C)C(C(=O)OCCCCCC)C(C)C. The molecule has 0 heterocycles. The van der Waals surface area contributed by atoms with Crippen LogP contribution in [-0.2, 0) is 19.1 Å². The van der Waals surface area contributed by atoms with Crippen LogP contribution < -0.4 is 0 Å². The molecule has 2 unspecified atom stereocenters. The van der Waals surface area contributed by atoms with E-state index in [4.69, 9.17) is 9.47 Å². The molecule has 2 atom stereocenters. The normalized spacial score (nSPS) is 13.2. The second-order valence-electron chi connectivity index (χ2n) is 12.3. The van der Waals surface area contributed by atoms with Crippen molar-refractivity contribution in [2.24, 2.45) is 23.7 Å². The Balaban J connectivity index is 3.90. The van der Waals surface area contributed by atoms with E-state index in [2.05, 4.69) is 41.5 Å². The Bertz CT molecular complexity index is 543. The van der Waals surface area contributed by atoms with Crippen LogP contribution in [0.2, 0.25) is 0 Å². The number of ether oxygens (including phenoxy) is 2. The molecule has 0 saturated heterocycles. The minimum atomic E-state index is -0.0137. The number of hydrogen-bond donors (Lipinski definition) is 0. The van der Waals surface area contributed by atoms with Gasteiger partial charge in [0.15, 0.2) is 0 Å². The summed E-state index contributed by atoms with van der Waals surface area (Å²) >= 11 is 0. The van der Waals surface area contributed by atoms with Gasteiger partial charge in [0.05, 0.1) is 19.1 Å². The number of rotatable bonds is 27.